The maximum absolute atomic E-state index is 10.8. The second-order valence-electron chi connectivity index (χ2n) is 2.40. The van der Waals surface area contributed by atoms with Crippen LogP contribution in [0.15, 0.2) is 12.2 Å². The van der Waals surface area contributed by atoms with Gasteiger partial charge in [0.15, 0.2) is 0 Å². The Kier molecular flexibility index (Phi) is 4.18. The standard InChI is InChI=1S/C8H12O3/c1-6(2)8(10)11-7(3)4-5-9/h5,7H,1,4H2,2-3H3. The molecule has 0 saturated heterocycles. The summed E-state index contributed by atoms with van der Waals surface area (Å²) in [4.78, 5) is 20.7. The quantitative estimate of drug-likeness (QED) is 0.347. The van der Waals surface area contributed by atoms with Crippen molar-refractivity contribution in [3.8, 4) is 0 Å². The number of carbonyl (C=O) groups excluding carboxylic acids is 2. The fourth-order valence-corrected chi connectivity index (χ4v) is 0.467. The predicted octanol–water partition coefficient (Wildman–Crippen LogP) is 1.08. The van der Waals surface area contributed by atoms with E-state index in [9.17, 15) is 9.59 Å². The van der Waals surface area contributed by atoms with Crippen molar-refractivity contribution >= 4 is 12.3 Å². The summed E-state index contributed by atoms with van der Waals surface area (Å²) in [6.45, 7) is 6.63. The van der Waals surface area contributed by atoms with Crippen LogP contribution in [-0.4, -0.2) is 18.4 Å². The number of hydrogen-bond acceptors (Lipinski definition) is 3. The minimum atomic E-state index is -0.445. The van der Waals surface area contributed by atoms with Gasteiger partial charge in [0, 0.05) is 12.0 Å². The number of ether oxygens (including phenoxy) is 1. The number of aldehydes is 1. The van der Waals surface area contributed by atoms with Gasteiger partial charge in [0.1, 0.15) is 12.4 Å². The molecule has 0 spiro atoms. The lowest BCUT2D eigenvalue weighted by Crippen LogP contribution is -2.15. The molecular formula is C8H12O3. The van der Waals surface area contributed by atoms with E-state index in [1.165, 1.54) is 0 Å². The van der Waals surface area contributed by atoms with Crippen LogP contribution in [0.2, 0.25) is 0 Å². The number of rotatable bonds is 4. The van der Waals surface area contributed by atoms with Crippen molar-refractivity contribution < 1.29 is 14.3 Å². The number of esters is 1. The molecule has 0 amide bonds. The van der Waals surface area contributed by atoms with Gasteiger partial charge in [-0.15, -0.1) is 0 Å². The molecule has 0 N–H and O–H groups in total. The van der Waals surface area contributed by atoms with Gasteiger partial charge < -0.3 is 9.53 Å². The Morgan fingerprint density at radius 3 is 2.64 bits per heavy atom. The molecule has 0 aliphatic carbocycles. The molecule has 0 aliphatic rings. The summed E-state index contributed by atoms with van der Waals surface area (Å²) in [5, 5.41) is 0. The van der Waals surface area contributed by atoms with E-state index in [0.29, 0.717) is 5.57 Å². The summed E-state index contributed by atoms with van der Waals surface area (Å²) >= 11 is 0. The molecule has 0 aromatic heterocycles. The molecule has 3 nitrogen and oxygen atoms in total. The second-order valence-corrected chi connectivity index (χ2v) is 2.40. The van der Waals surface area contributed by atoms with Gasteiger partial charge in [-0.3, -0.25) is 0 Å². The number of carbonyl (C=O) groups is 2. The van der Waals surface area contributed by atoms with E-state index in [4.69, 9.17) is 4.74 Å². The molecule has 0 aromatic rings. The Labute approximate surface area is 66.0 Å². The molecule has 1 unspecified atom stereocenters. The topological polar surface area (TPSA) is 43.4 Å². The minimum Gasteiger partial charge on any atom is -0.459 e. The highest BCUT2D eigenvalue weighted by atomic mass is 16.5. The summed E-state index contributed by atoms with van der Waals surface area (Å²) in [6.07, 6.45) is 0.603. The van der Waals surface area contributed by atoms with E-state index in [0.717, 1.165) is 6.29 Å². The van der Waals surface area contributed by atoms with E-state index in [1.807, 2.05) is 0 Å². The number of hydrogen-bond donors (Lipinski definition) is 0. The third-order valence-electron chi connectivity index (χ3n) is 1.08. The molecule has 0 heterocycles. The SMILES string of the molecule is C=C(C)C(=O)OC(C)CC=O. The molecule has 0 aromatic carbocycles. The van der Waals surface area contributed by atoms with Gasteiger partial charge >= 0.3 is 5.97 Å². The van der Waals surface area contributed by atoms with Gasteiger partial charge in [-0.2, -0.15) is 0 Å². The van der Waals surface area contributed by atoms with E-state index in [-0.39, 0.29) is 12.5 Å². The van der Waals surface area contributed by atoms with Crippen molar-refractivity contribution in [2.75, 3.05) is 0 Å². The first kappa shape index (κ1) is 9.88. The molecule has 3 heteroatoms. The van der Waals surface area contributed by atoms with Crippen molar-refractivity contribution in [1.29, 1.82) is 0 Å². The summed E-state index contributed by atoms with van der Waals surface area (Å²) < 4.78 is 4.78. The lowest BCUT2D eigenvalue weighted by Gasteiger charge is -2.08. The molecule has 0 bridgehead atoms. The fourth-order valence-electron chi connectivity index (χ4n) is 0.467. The Morgan fingerprint density at radius 1 is 1.73 bits per heavy atom. The van der Waals surface area contributed by atoms with Crippen LogP contribution < -0.4 is 0 Å². The Balaban J connectivity index is 3.74. The maximum Gasteiger partial charge on any atom is 0.333 e. The van der Waals surface area contributed by atoms with Crippen LogP contribution in [-0.2, 0) is 14.3 Å². The van der Waals surface area contributed by atoms with Crippen molar-refractivity contribution in [2.45, 2.75) is 26.4 Å². The summed E-state index contributed by atoms with van der Waals surface area (Å²) in [5.74, 6) is -0.445. The highest BCUT2D eigenvalue weighted by molar-refractivity contribution is 5.87. The van der Waals surface area contributed by atoms with Gasteiger partial charge in [-0.25, -0.2) is 4.79 Å². The second kappa shape index (κ2) is 4.66. The van der Waals surface area contributed by atoms with Crippen LogP contribution in [0.25, 0.3) is 0 Å². The molecule has 0 saturated carbocycles. The summed E-state index contributed by atoms with van der Waals surface area (Å²) in [5.41, 5.74) is 0.350. The van der Waals surface area contributed by atoms with Crippen LogP contribution in [0, 0.1) is 0 Å². The molecule has 0 fully saturated rings. The molecular weight excluding hydrogens is 144 g/mol. The highest BCUT2D eigenvalue weighted by Gasteiger charge is 2.08. The summed E-state index contributed by atoms with van der Waals surface area (Å²) in [6, 6.07) is 0. The van der Waals surface area contributed by atoms with E-state index >= 15 is 0 Å². The van der Waals surface area contributed by atoms with Crippen molar-refractivity contribution in [1.82, 2.24) is 0 Å². The van der Waals surface area contributed by atoms with Crippen molar-refractivity contribution in [3.05, 3.63) is 12.2 Å². The maximum atomic E-state index is 10.8. The molecule has 0 rings (SSSR count). The average molecular weight is 156 g/mol. The van der Waals surface area contributed by atoms with E-state index < -0.39 is 5.97 Å². The van der Waals surface area contributed by atoms with Gasteiger partial charge in [0.05, 0.1) is 0 Å². The Bertz CT molecular complexity index is 172. The average Bonchev–Trinajstić information content (AvgIpc) is 1.87. The van der Waals surface area contributed by atoms with Crippen LogP contribution in [0.5, 0.6) is 0 Å². The third kappa shape index (κ3) is 4.31. The van der Waals surface area contributed by atoms with Gasteiger partial charge in [0.25, 0.3) is 0 Å². The molecule has 1 atom stereocenters. The van der Waals surface area contributed by atoms with E-state index in [2.05, 4.69) is 6.58 Å². The first-order chi connectivity index (χ1) is 5.07. The monoisotopic (exact) mass is 156 g/mol. The van der Waals surface area contributed by atoms with Crippen molar-refractivity contribution in [2.24, 2.45) is 0 Å². The van der Waals surface area contributed by atoms with Crippen LogP contribution in [0.1, 0.15) is 20.3 Å². The van der Waals surface area contributed by atoms with E-state index in [1.54, 1.807) is 13.8 Å². The normalized spacial score (nSPS) is 11.8. The minimum absolute atomic E-state index is 0.235. The van der Waals surface area contributed by atoms with Crippen LogP contribution in [0.3, 0.4) is 0 Å². The Hall–Kier alpha value is -1.12. The molecule has 62 valence electrons. The first-order valence-corrected chi connectivity index (χ1v) is 3.38. The summed E-state index contributed by atoms with van der Waals surface area (Å²) in [7, 11) is 0. The smallest absolute Gasteiger partial charge is 0.333 e. The molecule has 0 radical (unpaired) electrons. The zero-order valence-electron chi connectivity index (χ0n) is 6.79. The zero-order chi connectivity index (χ0) is 8.85. The van der Waals surface area contributed by atoms with Gasteiger partial charge in [-0.05, 0) is 13.8 Å². The molecule has 11 heavy (non-hydrogen) atoms. The predicted molar refractivity (Wildman–Crippen MR) is 41.0 cm³/mol. The van der Waals surface area contributed by atoms with Crippen LogP contribution >= 0.6 is 0 Å². The van der Waals surface area contributed by atoms with Gasteiger partial charge in [0.2, 0.25) is 0 Å². The molecule has 0 aliphatic heterocycles. The van der Waals surface area contributed by atoms with Gasteiger partial charge in [-0.1, -0.05) is 6.58 Å². The lowest BCUT2D eigenvalue weighted by atomic mass is 10.3. The largest absolute Gasteiger partial charge is 0.459 e. The highest BCUT2D eigenvalue weighted by Crippen LogP contribution is 1.99. The lowest BCUT2D eigenvalue weighted by molar-refractivity contribution is -0.143. The zero-order valence-corrected chi connectivity index (χ0v) is 6.79. The van der Waals surface area contributed by atoms with Crippen LogP contribution in [0.4, 0.5) is 0 Å². The fraction of sp³-hybridized carbons (Fsp3) is 0.500. The van der Waals surface area contributed by atoms with Crippen molar-refractivity contribution in [3.63, 3.8) is 0 Å². The first-order valence-electron chi connectivity index (χ1n) is 3.38. The third-order valence-corrected chi connectivity index (χ3v) is 1.08. The Morgan fingerprint density at radius 2 is 2.27 bits per heavy atom.